The smallest absolute Gasteiger partial charge is 0.312 e. The van der Waals surface area contributed by atoms with Crippen molar-refractivity contribution in [3.8, 4) is 0 Å². The van der Waals surface area contributed by atoms with Crippen LogP contribution in [-0.2, 0) is 16.0 Å². The van der Waals surface area contributed by atoms with Crippen molar-refractivity contribution in [3.63, 3.8) is 0 Å². The fraction of sp³-hybridized carbons (Fsp3) is 0.700. The molecule has 1 spiro atoms. The molecule has 6 nitrogen and oxygen atoms in total. The lowest BCUT2D eigenvalue weighted by molar-refractivity contribution is -0.170. The number of aliphatic imine (C=N–C) groups is 1. The average Bonchev–Trinajstić information content (AvgIpc) is 3.14. The van der Waals surface area contributed by atoms with Gasteiger partial charge in [0.05, 0.1) is 0 Å². The number of hydrogen-bond acceptors (Lipinski definition) is 5. The largest absolute Gasteiger partial charge is 0.471 e. The van der Waals surface area contributed by atoms with Crippen LogP contribution >= 0.6 is 11.9 Å². The number of carbonyl (C=O) groups excluding carboxylic acids is 2. The van der Waals surface area contributed by atoms with Crippen molar-refractivity contribution >= 4 is 35.3 Å². The van der Waals surface area contributed by atoms with E-state index in [2.05, 4.69) is 37.3 Å². The van der Waals surface area contributed by atoms with E-state index < -0.39 is 17.6 Å². The Bertz CT molecular complexity index is 1150. The molecule has 1 saturated heterocycles. The van der Waals surface area contributed by atoms with Crippen LogP contribution < -0.4 is 10.2 Å². The lowest BCUT2D eigenvalue weighted by Gasteiger charge is -2.44. The van der Waals surface area contributed by atoms with Crippen molar-refractivity contribution in [3.05, 3.63) is 28.8 Å². The highest BCUT2D eigenvalue weighted by Crippen LogP contribution is 2.49. The first-order chi connectivity index (χ1) is 18.4. The Labute approximate surface area is 240 Å². The number of hydrogen-bond donors (Lipinski definition) is 1. The predicted molar refractivity (Wildman–Crippen MR) is 156 cm³/mol. The molecule has 0 atom stereocenters. The third kappa shape index (κ3) is 6.69. The molecule has 40 heavy (non-hydrogen) atoms. The van der Waals surface area contributed by atoms with Gasteiger partial charge in [-0.25, -0.2) is 0 Å². The maximum Gasteiger partial charge on any atom is 0.471 e. The van der Waals surface area contributed by atoms with E-state index in [1.165, 1.54) is 6.42 Å². The minimum absolute atomic E-state index is 0.0497. The molecule has 0 aromatic heterocycles. The van der Waals surface area contributed by atoms with Gasteiger partial charge >= 0.3 is 12.1 Å². The number of nitrogens with zero attached hydrogens (tertiary/aromatic N) is 3. The molecule has 3 aliphatic rings. The highest BCUT2D eigenvalue weighted by atomic mass is 32.2. The van der Waals surface area contributed by atoms with Gasteiger partial charge in [0.15, 0.2) is 0 Å². The minimum atomic E-state index is -4.91. The molecule has 0 unspecified atom stereocenters. The van der Waals surface area contributed by atoms with Crippen molar-refractivity contribution in [2.75, 3.05) is 30.8 Å². The summed E-state index contributed by atoms with van der Waals surface area (Å²) < 4.78 is 40.9. The molecule has 0 radical (unpaired) electrons. The van der Waals surface area contributed by atoms with Gasteiger partial charge in [-0.15, -0.1) is 0 Å². The Balaban J connectivity index is 1.32. The zero-order valence-electron chi connectivity index (χ0n) is 24.8. The molecule has 2 fully saturated rings. The van der Waals surface area contributed by atoms with Gasteiger partial charge in [0.1, 0.15) is 11.4 Å². The van der Waals surface area contributed by atoms with Gasteiger partial charge in [-0.05, 0) is 92.0 Å². The summed E-state index contributed by atoms with van der Waals surface area (Å²) in [4.78, 5) is 30.5. The molecule has 1 aromatic carbocycles. The number of amidine groups is 1. The molecule has 1 aromatic rings. The average molecular weight is 581 g/mol. The Hall–Kier alpha value is -2.07. The number of halogens is 3. The van der Waals surface area contributed by atoms with E-state index in [-0.39, 0.29) is 22.4 Å². The van der Waals surface area contributed by atoms with Crippen LogP contribution in [-0.4, -0.2) is 59.6 Å². The number of amides is 2. The topological polar surface area (TPSA) is 65.0 Å². The maximum atomic E-state index is 13.1. The van der Waals surface area contributed by atoms with E-state index in [9.17, 15) is 22.8 Å². The van der Waals surface area contributed by atoms with Gasteiger partial charge in [0.25, 0.3) is 5.91 Å². The third-order valence-corrected chi connectivity index (χ3v) is 9.85. The van der Waals surface area contributed by atoms with Gasteiger partial charge in [-0.3, -0.25) is 18.9 Å². The first kappa shape index (κ1) is 30.9. The SMILES string of the molecule is Cc1cc(N(C)C(=O)C(F)(F)F)cc(C)c1CCSN1CCC2(CC1)N=C(C1CC(C)(C)CC(C)(C)C1)NC2=O. The Morgan fingerprint density at radius 3 is 2.17 bits per heavy atom. The van der Waals surface area contributed by atoms with Crippen molar-refractivity contribution < 1.29 is 22.8 Å². The molecule has 2 amide bonds. The van der Waals surface area contributed by atoms with Crippen LogP contribution in [0.1, 0.15) is 76.5 Å². The van der Waals surface area contributed by atoms with Crippen LogP contribution in [0.2, 0.25) is 0 Å². The second kappa shape index (κ2) is 11.0. The Kier molecular flexibility index (Phi) is 8.47. The van der Waals surface area contributed by atoms with Crippen LogP contribution in [0, 0.1) is 30.6 Å². The number of aryl methyl sites for hydroxylation is 2. The van der Waals surface area contributed by atoms with Gasteiger partial charge in [-0.1, -0.05) is 39.6 Å². The number of benzene rings is 1. The summed E-state index contributed by atoms with van der Waals surface area (Å²) in [6.45, 7) is 14.5. The molecule has 10 heteroatoms. The number of alkyl halides is 3. The summed E-state index contributed by atoms with van der Waals surface area (Å²) in [5, 5.41) is 3.18. The number of piperidine rings is 1. The highest BCUT2D eigenvalue weighted by Gasteiger charge is 2.49. The molecule has 2 heterocycles. The van der Waals surface area contributed by atoms with E-state index in [1.54, 1.807) is 24.1 Å². The number of anilines is 1. The molecule has 1 N–H and O–H groups in total. The molecular formula is C30H43F3N4O2S. The van der Waals surface area contributed by atoms with E-state index in [0.29, 0.717) is 23.7 Å². The quantitative estimate of drug-likeness (QED) is 0.405. The number of carbonyl (C=O) groups is 2. The van der Waals surface area contributed by atoms with Gasteiger partial charge in [-0.2, -0.15) is 13.2 Å². The first-order valence-corrected chi connectivity index (χ1v) is 15.1. The van der Waals surface area contributed by atoms with E-state index >= 15 is 0 Å². The molecular weight excluding hydrogens is 537 g/mol. The van der Waals surface area contributed by atoms with E-state index in [0.717, 1.165) is 67.7 Å². The lowest BCUT2D eigenvalue weighted by atomic mass is 9.61. The zero-order chi connectivity index (χ0) is 29.7. The summed E-state index contributed by atoms with van der Waals surface area (Å²) in [7, 11) is 1.15. The summed E-state index contributed by atoms with van der Waals surface area (Å²) in [6, 6.07) is 3.29. The molecule has 222 valence electrons. The molecule has 1 aliphatic carbocycles. The van der Waals surface area contributed by atoms with E-state index in [1.807, 2.05) is 13.8 Å². The Morgan fingerprint density at radius 1 is 1.10 bits per heavy atom. The molecule has 1 saturated carbocycles. The third-order valence-electron chi connectivity index (χ3n) is 8.73. The summed E-state index contributed by atoms with van der Waals surface area (Å²) in [5.41, 5.74) is 2.86. The van der Waals surface area contributed by atoms with Gasteiger partial charge in [0, 0.05) is 37.5 Å². The fourth-order valence-electron chi connectivity index (χ4n) is 7.24. The van der Waals surface area contributed by atoms with Crippen LogP contribution in [0.5, 0.6) is 0 Å². The van der Waals surface area contributed by atoms with Crippen LogP contribution in [0.3, 0.4) is 0 Å². The van der Waals surface area contributed by atoms with Crippen molar-refractivity contribution in [2.24, 2.45) is 21.7 Å². The fourth-order valence-corrected chi connectivity index (χ4v) is 8.24. The molecule has 4 rings (SSSR count). The zero-order valence-corrected chi connectivity index (χ0v) is 25.6. The predicted octanol–water partition coefficient (Wildman–Crippen LogP) is 6.23. The molecule has 0 bridgehead atoms. The first-order valence-electron chi connectivity index (χ1n) is 14.2. The van der Waals surface area contributed by atoms with Gasteiger partial charge < -0.3 is 10.2 Å². The Morgan fingerprint density at radius 2 is 1.65 bits per heavy atom. The minimum Gasteiger partial charge on any atom is -0.312 e. The second-order valence-electron chi connectivity index (χ2n) is 13.5. The number of rotatable bonds is 6. The van der Waals surface area contributed by atoms with Crippen LogP contribution in [0.25, 0.3) is 0 Å². The van der Waals surface area contributed by atoms with Crippen molar-refractivity contribution in [1.82, 2.24) is 9.62 Å². The second-order valence-corrected chi connectivity index (χ2v) is 14.7. The summed E-state index contributed by atoms with van der Waals surface area (Å²) >= 11 is 1.74. The summed E-state index contributed by atoms with van der Waals surface area (Å²) in [6.07, 6.45) is 0.506. The molecule has 2 aliphatic heterocycles. The van der Waals surface area contributed by atoms with Crippen LogP contribution in [0.15, 0.2) is 17.1 Å². The van der Waals surface area contributed by atoms with Crippen molar-refractivity contribution in [2.45, 2.75) is 91.8 Å². The highest BCUT2D eigenvalue weighted by molar-refractivity contribution is 7.97. The van der Waals surface area contributed by atoms with Crippen molar-refractivity contribution in [1.29, 1.82) is 0 Å². The van der Waals surface area contributed by atoms with Gasteiger partial charge in [0.2, 0.25) is 0 Å². The summed E-state index contributed by atoms with van der Waals surface area (Å²) in [5.74, 6) is 0.172. The normalized spacial score (nSPS) is 22.8. The monoisotopic (exact) mass is 580 g/mol. The number of nitrogens with one attached hydrogen (secondary N) is 1. The maximum absolute atomic E-state index is 13.1. The lowest BCUT2D eigenvalue weighted by Crippen LogP contribution is -2.48. The standard InChI is InChI=1S/C30H43F3N4O2S/c1-19-14-22(36(7)26(39)30(31,32)33)15-20(2)23(19)8-13-40-37-11-9-29(10-12-37)25(38)34-24(35-29)21-16-27(3,4)18-28(5,6)17-21/h14-15,21H,8-13,16-18H2,1-7H3,(H,34,35,38). The van der Waals surface area contributed by atoms with E-state index in [4.69, 9.17) is 4.99 Å². The van der Waals surface area contributed by atoms with Crippen LogP contribution in [0.4, 0.5) is 18.9 Å².